The van der Waals surface area contributed by atoms with Gasteiger partial charge in [0.05, 0.1) is 5.52 Å². The van der Waals surface area contributed by atoms with Crippen LogP contribution in [0.15, 0.2) is 90.6 Å². The van der Waals surface area contributed by atoms with Gasteiger partial charge in [0.1, 0.15) is 0 Å². The number of benzene rings is 3. The van der Waals surface area contributed by atoms with E-state index in [4.69, 9.17) is 0 Å². The predicted molar refractivity (Wildman–Crippen MR) is 135 cm³/mol. The van der Waals surface area contributed by atoms with Gasteiger partial charge < -0.3 is 9.47 Å². The molecule has 2 nitrogen and oxygen atoms in total. The zero-order chi connectivity index (χ0) is 22.0. The molecular weight excluding hydrogens is 376 g/mol. The fourth-order valence-corrected chi connectivity index (χ4v) is 4.22. The molecule has 0 aliphatic carbocycles. The van der Waals surface area contributed by atoms with Crippen LogP contribution in [-0.4, -0.2) is 4.57 Å². The normalized spacial score (nSPS) is 12.1. The van der Waals surface area contributed by atoms with Crippen molar-refractivity contribution in [3.63, 3.8) is 0 Å². The first-order valence-corrected chi connectivity index (χ1v) is 10.9. The number of anilines is 2. The summed E-state index contributed by atoms with van der Waals surface area (Å²) in [6.07, 6.45) is 6.34. The van der Waals surface area contributed by atoms with Gasteiger partial charge in [-0.2, -0.15) is 0 Å². The van der Waals surface area contributed by atoms with E-state index in [9.17, 15) is 0 Å². The molecule has 0 aliphatic heterocycles. The highest BCUT2D eigenvalue weighted by Crippen LogP contribution is 2.33. The molecular formula is C29H30N2. The molecule has 0 radical (unpaired) electrons. The molecule has 0 unspecified atom stereocenters. The van der Waals surface area contributed by atoms with Crippen LogP contribution in [0.5, 0.6) is 0 Å². The zero-order valence-corrected chi connectivity index (χ0v) is 19.1. The van der Waals surface area contributed by atoms with E-state index < -0.39 is 0 Å². The SMILES string of the molecule is C/C=C/c1ccc(N(/C(C)=C/C)c2ccc(-n3c(C)c(C)c4ccccc43)cc2)cc1. The van der Waals surface area contributed by atoms with Crippen molar-refractivity contribution < 1.29 is 0 Å². The summed E-state index contributed by atoms with van der Waals surface area (Å²) in [5.74, 6) is 0. The van der Waals surface area contributed by atoms with E-state index in [1.165, 1.54) is 39.1 Å². The number of nitrogens with zero attached hydrogens (tertiary/aromatic N) is 2. The molecule has 0 bridgehead atoms. The maximum atomic E-state index is 2.35. The lowest BCUT2D eigenvalue weighted by atomic mass is 10.1. The van der Waals surface area contributed by atoms with Gasteiger partial charge in [0.2, 0.25) is 0 Å². The van der Waals surface area contributed by atoms with Crippen LogP contribution in [0.1, 0.15) is 37.6 Å². The van der Waals surface area contributed by atoms with E-state index in [2.05, 4.69) is 128 Å². The minimum absolute atomic E-state index is 1.16. The number of hydrogen-bond donors (Lipinski definition) is 0. The summed E-state index contributed by atoms with van der Waals surface area (Å²) in [4.78, 5) is 2.30. The van der Waals surface area contributed by atoms with Crippen LogP contribution < -0.4 is 4.90 Å². The Hall–Kier alpha value is -3.52. The molecule has 0 N–H and O–H groups in total. The summed E-state index contributed by atoms with van der Waals surface area (Å²) >= 11 is 0. The van der Waals surface area contributed by atoms with Gasteiger partial charge in [-0.15, -0.1) is 0 Å². The quantitative estimate of drug-likeness (QED) is 0.323. The fraction of sp³-hybridized carbons (Fsp3) is 0.172. The molecule has 156 valence electrons. The Morgan fingerprint density at radius 3 is 2.03 bits per heavy atom. The van der Waals surface area contributed by atoms with Crippen LogP contribution in [0.4, 0.5) is 11.4 Å². The van der Waals surface area contributed by atoms with Crippen LogP contribution in [-0.2, 0) is 0 Å². The van der Waals surface area contributed by atoms with E-state index >= 15 is 0 Å². The molecule has 4 aromatic rings. The molecule has 31 heavy (non-hydrogen) atoms. The van der Waals surface area contributed by atoms with Gasteiger partial charge in [-0.1, -0.05) is 48.6 Å². The number of fused-ring (bicyclic) bond motifs is 1. The summed E-state index contributed by atoms with van der Waals surface area (Å²) in [6.45, 7) is 10.7. The Kier molecular flexibility index (Phi) is 5.81. The van der Waals surface area contributed by atoms with Gasteiger partial charge >= 0.3 is 0 Å². The standard InChI is InChI=1S/C29H30N2/c1-6-10-24-13-15-25(16-14-24)30(21(3)7-2)26-17-19-27(20-18-26)31-23(5)22(4)28-11-8-9-12-29(28)31/h6-20H,1-5H3/b10-6+,21-7+. The number of allylic oxidation sites excluding steroid dienone is 3. The van der Waals surface area contributed by atoms with Crippen LogP contribution in [0.3, 0.4) is 0 Å². The first-order valence-electron chi connectivity index (χ1n) is 10.9. The van der Waals surface area contributed by atoms with Crippen molar-refractivity contribution in [2.75, 3.05) is 4.90 Å². The minimum Gasteiger partial charge on any atom is -0.315 e. The summed E-state index contributed by atoms with van der Waals surface area (Å²) in [7, 11) is 0. The van der Waals surface area contributed by atoms with Gasteiger partial charge in [0, 0.05) is 33.8 Å². The maximum absolute atomic E-state index is 2.35. The third-order valence-electron chi connectivity index (χ3n) is 6.07. The third-order valence-corrected chi connectivity index (χ3v) is 6.07. The molecule has 0 amide bonds. The molecule has 1 aromatic heterocycles. The van der Waals surface area contributed by atoms with E-state index in [0.717, 1.165) is 11.4 Å². The van der Waals surface area contributed by atoms with Crippen LogP contribution in [0, 0.1) is 13.8 Å². The Labute approximate surface area is 185 Å². The average molecular weight is 407 g/mol. The second kappa shape index (κ2) is 8.69. The second-order valence-electron chi connectivity index (χ2n) is 7.94. The first-order chi connectivity index (χ1) is 15.0. The highest BCUT2D eigenvalue weighted by Gasteiger charge is 2.14. The molecule has 0 spiro atoms. The number of aryl methyl sites for hydroxylation is 1. The van der Waals surface area contributed by atoms with E-state index in [-0.39, 0.29) is 0 Å². The molecule has 2 heteroatoms. The Balaban J connectivity index is 1.76. The maximum Gasteiger partial charge on any atom is 0.0534 e. The van der Waals surface area contributed by atoms with E-state index in [1.807, 2.05) is 6.92 Å². The monoisotopic (exact) mass is 406 g/mol. The van der Waals surface area contributed by atoms with Crippen molar-refractivity contribution >= 4 is 28.4 Å². The number of aromatic nitrogens is 1. The fourth-order valence-electron chi connectivity index (χ4n) is 4.22. The molecule has 0 fully saturated rings. The van der Waals surface area contributed by atoms with Crippen molar-refractivity contribution in [1.29, 1.82) is 0 Å². The zero-order valence-electron chi connectivity index (χ0n) is 19.1. The Morgan fingerprint density at radius 1 is 0.806 bits per heavy atom. The highest BCUT2D eigenvalue weighted by atomic mass is 15.1. The topological polar surface area (TPSA) is 8.17 Å². The summed E-state index contributed by atoms with van der Waals surface area (Å²) < 4.78 is 2.35. The van der Waals surface area contributed by atoms with Crippen molar-refractivity contribution in [2.45, 2.75) is 34.6 Å². The van der Waals surface area contributed by atoms with Gasteiger partial charge in [0.25, 0.3) is 0 Å². The molecule has 1 heterocycles. The predicted octanol–water partition coefficient (Wildman–Crippen LogP) is 8.34. The lowest BCUT2D eigenvalue weighted by molar-refractivity contribution is 1.04. The van der Waals surface area contributed by atoms with Crippen LogP contribution >= 0.6 is 0 Å². The number of hydrogen-bond acceptors (Lipinski definition) is 1. The van der Waals surface area contributed by atoms with E-state index in [0.29, 0.717) is 0 Å². The van der Waals surface area contributed by atoms with Crippen molar-refractivity contribution in [1.82, 2.24) is 4.57 Å². The van der Waals surface area contributed by atoms with Gasteiger partial charge in [-0.05, 0) is 88.2 Å². The average Bonchev–Trinajstić information content (AvgIpc) is 3.06. The number of rotatable bonds is 5. The van der Waals surface area contributed by atoms with Crippen LogP contribution in [0.25, 0.3) is 22.7 Å². The van der Waals surface area contributed by atoms with Crippen molar-refractivity contribution in [3.05, 3.63) is 107 Å². The molecule has 0 saturated carbocycles. The lowest BCUT2D eigenvalue weighted by Gasteiger charge is -2.26. The minimum atomic E-state index is 1.16. The largest absolute Gasteiger partial charge is 0.315 e. The third kappa shape index (κ3) is 3.82. The van der Waals surface area contributed by atoms with Gasteiger partial charge in [-0.3, -0.25) is 0 Å². The van der Waals surface area contributed by atoms with Crippen molar-refractivity contribution in [2.24, 2.45) is 0 Å². The molecule has 4 rings (SSSR count). The Morgan fingerprint density at radius 2 is 1.42 bits per heavy atom. The second-order valence-corrected chi connectivity index (χ2v) is 7.94. The lowest BCUT2D eigenvalue weighted by Crippen LogP contribution is -2.14. The van der Waals surface area contributed by atoms with Gasteiger partial charge in [-0.25, -0.2) is 0 Å². The molecule has 0 saturated heterocycles. The highest BCUT2D eigenvalue weighted by molar-refractivity contribution is 5.87. The Bertz CT molecular complexity index is 1250. The summed E-state index contributed by atoms with van der Waals surface area (Å²) in [6, 6.07) is 26.2. The first kappa shape index (κ1) is 20.7. The summed E-state index contributed by atoms with van der Waals surface area (Å²) in [5, 5.41) is 1.32. The van der Waals surface area contributed by atoms with Crippen LogP contribution in [0.2, 0.25) is 0 Å². The summed E-state index contributed by atoms with van der Waals surface area (Å²) in [5.41, 5.74) is 9.80. The smallest absolute Gasteiger partial charge is 0.0534 e. The molecule has 0 atom stereocenters. The number of para-hydroxylation sites is 1. The van der Waals surface area contributed by atoms with Crippen molar-refractivity contribution in [3.8, 4) is 5.69 Å². The molecule has 3 aromatic carbocycles. The van der Waals surface area contributed by atoms with Gasteiger partial charge in [0.15, 0.2) is 0 Å². The molecule has 0 aliphatic rings. The van der Waals surface area contributed by atoms with E-state index in [1.54, 1.807) is 0 Å².